The van der Waals surface area contributed by atoms with E-state index in [1.807, 2.05) is 0 Å². The minimum atomic E-state index is -0.319. The van der Waals surface area contributed by atoms with Gasteiger partial charge in [-0.1, -0.05) is 0 Å². The fourth-order valence-electron chi connectivity index (χ4n) is 0.694. The molecule has 0 radical (unpaired) electrons. The third kappa shape index (κ3) is 7.23. The number of hydrogen-bond donors (Lipinski definition) is 4. The molecule has 0 saturated heterocycles. The summed E-state index contributed by atoms with van der Waals surface area (Å²) in [6.07, 6.45) is -0.167. The third-order valence-electron chi connectivity index (χ3n) is 1.25. The van der Waals surface area contributed by atoms with Crippen LogP contribution in [0.15, 0.2) is 0 Å². The molecule has 0 saturated carbocycles. The first-order valence-corrected chi connectivity index (χ1v) is 4.14. The zero-order valence-electron chi connectivity index (χ0n) is 7.51. The van der Waals surface area contributed by atoms with Crippen LogP contribution in [-0.2, 0) is 9.59 Å². The highest BCUT2D eigenvalue weighted by Gasteiger charge is 2.06. The molecule has 6 heteroatoms. The molecule has 13 heavy (non-hydrogen) atoms. The van der Waals surface area contributed by atoms with Crippen LogP contribution in [0.25, 0.3) is 0 Å². The normalized spacial score (nSPS) is 9.38. The van der Waals surface area contributed by atoms with Crippen molar-refractivity contribution in [1.29, 1.82) is 0 Å². The van der Waals surface area contributed by atoms with Crippen LogP contribution in [-0.4, -0.2) is 38.0 Å². The second-order valence-electron chi connectivity index (χ2n) is 2.45. The Hall–Kier alpha value is -1.14. The summed E-state index contributed by atoms with van der Waals surface area (Å²) in [5, 5.41) is 4.97. The minimum absolute atomic E-state index is 0.167. The first-order chi connectivity index (χ1) is 6.20. The van der Waals surface area contributed by atoms with Gasteiger partial charge in [-0.2, -0.15) is 0 Å². The van der Waals surface area contributed by atoms with Gasteiger partial charge in [0.15, 0.2) is 0 Å². The van der Waals surface area contributed by atoms with Gasteiger partial charge in [0.1, 0.15) is 6.42 Å². The van der Waals surface area contributed by atoms with Crippen LogP contribution in [0.1, 0.15) is 6.42 Å². The molecule has 76 valence electrons. The van der Waals surface area contributed by atoms with Crippen molar-refractivity contribution in [3.63, 3.8) is 0 Å². The lowest BCUT2D eigenvalue weighted by Gasteiger charge is -2.03. The molecule has 0 bridgehead atoms. The van der Waals surface area contributed by atoms with Gasteiger partial charge in [0.2, 0.25) is 11.8 Å². The van der Waals surface area contributed by atoms with Crippen molar-refractivity contribution in [2.75, 3.05) is 26.2 Å². The summed E-state index contributed by atoms with van der Waals surface area (Å²) in [4.78, 5) is 21.8. The second-order valence-corrected chi connectivity index (χ2v) is 2.45. The first kappa shape index (κ1) is 11.9. The highest BCUT2D eigenvalue weighted by Crippen LogP contribution is 1.78. The number of nitrogens with two attached hydrogens (primary N) is 2. The summed E-state index contributed by atoms with van der Waals surface area (Å²) in [6, 6.07) is 0. The molecule has 0 aliphatic carbocycles. The van der Waals surface area contributed by atoms with E-state index in [-0.39, 0.29) is 18.2 Å². The van der Waals surface area contributed by atoms with Gasteiger partial charge in [0.05, 0.1) is 0 Å². The molecule has 6 N–H and O–H groups in total. The van der Waals surface area contributed by atoms with Gasteiger partial charge in [-0.25, -0.2) is 0 Å². The Morgan fingerprint density at radius 1 is 0.923 bits per heavy atom. The van der Waals surface area contributed by atoms with Crippen molar-refractivity contribution in [3.05, 3.63) is 0 Å². The van der Waals surface area contributed by atoms with Crippen LogP contribution in [0, 0.1) is 0 Å². The van der Waals surface area contributed by atoms with Crippen molar-refractivity contribution in [2.45, 2.75) is 6.42 Å². The number of rotatable bonds is 6. The van der Waals surface area contributed by atoms with Crippen molar-refractivity contribution in [3.8, 4) is 0 Å². The van der Waals surface area contributed by atoms with Gasteiger partial charge >= 0.3 is 0 Å². The predicted molar refractivity (Wildman–Crippen MR) is 48.7 cm³/mol. The fraction of sp³-hybridized carbons (Fsp3) is 0.714. The average Bonchev–Trinajstić information content (AvgIpc) is 2.11. The van der Waals surface area contributed by atoms with Gasteiger partial charge < -0.3 is 22.1 Å². The summed E-state index contributed by atoms with van der Waals surface area (Å²) in [5.74, 6) is -0.639. The van der Waals surface area contributed by atoms with E-state index >= 15 is 0 Å². The van der Waals surface area contributed by atoms with Crippen molar-refractivity contribution < 1.29 is 9.59 Å². The van der Waals surface area contributed by atoms with Crippen LogP contribution in [0.2, 0.25) is 0 Å². The SMILES string of the molecule is NCCNC(=O)CC(=O)NCCN. The summed E-state index contributed by atoms with van der Waals surface area (Å²) < 4.78 is 0. The van der Waals surface area contributed by atoms with Crippen molar-refractivity contribution >= 4 is 11.8 Å². The molecule has 0 aromatic rings. The van der Waals surface area contributed by atoms with Gasteiger partial charge in [-0.05, 0) is 0 Å². The van der Waals surface area contributed by atoms with Crippen LogP contribution >= 0.6 is 0 Å². The van der Waals surface area contributed by atoms with Crippen LogP contribution in [0.3, 0.4) is 0 Å². The van der Waals surface area contributed by atoms with Crippen molar-refractivity contribution in [2.24, 2.45) is 11.5 Å². The average molecular weight is 188 g/mol. The molecule has 0 fully saturated rings. The zero-order valence-corrected chi connectivity index (χ0v) is 7.51. The lowest BCUT2D eigenvalue weighted by molar-refractivity contribution is -0.129. The molecule has 0 atom stereocenters. The Morgan fingerprint density at radius 2 is 1.31 bits per heavy atom. The van der Waals surface area contributed by atoms with E-state index < -0.39 is 0 Å². The zero-order chi connectivity index (χ0) is 10.1. The Kier molecular flexibility index (Phi) is 6.85. The third-order valence-corrected chi connectivity index (χ3v) is 1.25. The van der Waals surface area contributed by atoms with E-state index in [0.717, 1.165) is 0 Å². The van der Waals surface area contributed by atoms with E-state index in [1.165, 1.54) is 0 Å². The summed E-state index contributed by atoms with van der Waals surface area (Å²) in [6.45, 7) is 1.53. The lowest BCUT2D eigenvalue weighted by atomic mass is 10.3. The Morgan fingerprint density at radius 3 is 1.62 bits per heavy atom. The first-order valence-electron chi connectivity index (χ1n) is 4.14. The highest BCUT2D eigenvalue weighted by atomic mass is 16.2. The van der Waals surface area contributed by atoms with Gasteiger partial charge in [-0.15, -0.1) is 0 Å². The molecule has 0 spiro atoms. The quantitative estimate of drug-likeness (QED) is 0.346. The predicted octanol–water partition coefficient (Wildman–Crippen LogP) is -2.47. The second kappa shape index (κ2) is 7.51. The van der Waals surface area contributed by atoms with Gasteiger partial charge in [-0.3, -0.25) is 9.59 Å². The number of nitrogens with one attached hydrogen (secondary N) is 2. The molecule has 6 nitrogen and oxygen atoms in total. The fourth-order valence-corrected chi connectivity index (χ4v) is 0.694. The Balaban J connectivity index is 3.47. The van der Waals surface area contributed by atoms with E-state index in [9.17, 15) is 9.59 Å². The molecular formula is C7H16N4O2. The van der Waals surface area contributed by atoms with Crippen LogP contribution in [0.5, 0.6) is 0 Å². The number of carbonyl (C=O) groups excluding carboxylic acids is 2. The molecule has 0 aromatic heterocycles. The molecule has 0 aromatic carbocycles. The highest BCUT2D eigenvalue weighted by molar-refractivity contribution is 5.96. The van der Waals surface area contributed by atoms with E-state index in [0.29, 0.717) is 26.2 Å². The Bertz CT molecular complexity index is 154. The van der Waals surface area contributed by atoms with Crippen LogP contribution < -0.4 is 22.1 Å². The number of carbonyl (C=O) groups is 2. The molecule has 0 aliphatic heterocycles. The van der Waals surface area contributed by atoms with E-state index in [1.54, 1.807) is 0 Å². The van der Waals surface area contributed by atoms with E-state index in [2.05, 4.69) is 10.6 Å². The molecule has 0 aliphatic rings. The maximum absolute atomic E-state index is 10.9. The standard InChI is InChI=1S/C7H16N4O2/c8-1-3-10-6(12)5-7(13)11-4-2-9/h1-5,8-9H2,(H,10,12)(H,11,13). The molecule has 0 rings (SSSR count). The Labute approximate surface area is 77.0 Å². The number of amides is 2. The maximum atomic E-state index is 10.9. The molecule has 2 amide bonds. The van der Waals surface area contributed by atoms with E-state index in [4.69, 9.17) is 11.5 Å². The topological polar surface area (TPSA) is 110 Å². The smallest absolute Gasteiger partial charge is 0.229 e. The van der Waals surface area contributed by atoms with Crippen molar-refractivity contribution in [1.82, 2.24) is 10.6 Å². The van der Waals surface area contributed by atoms with Crippen LogP contribution in [0.4, 0.5) is 0 Å². The summed E-state index contributed by atoms with van der Waals surface area (Å²) >= 11 is 0. The molecule has 0 unspecified atom stereocenters. The van der Waals surface area contributed by atoms with Gasteiger partial charge in [0, 0.05) is 26.2 Å². The lowest BCUT2D eigenvalue weighted by Crippen LogP contribution is -2.35. The molecular weight excluding hydrogens is 172 g/mol. The largest absolute Gasteiger partial charge is 0.354 e. The summed E-state index contributed by atoms with van der Waals surface area (Å²) in [7, 11) is 0. The van der Waals surface area contributed by atoms with Gasteiger partial charge in [0.25, 0.3) is 0 Å². The molecule has 0 heterocycles. The maximum Gasteiger partial charge on any atom is 0.229 e. The monoisotopic (exact) mass is 188 g/mol. The minimum Gasteiger partial charge on any atom is -0.354 e. The number of hydrogen-bond acceptors (Lipinski definition) is 4. The summed E-state index contributed by atoms with van der Waals surface area (Å²) in [5.41, 5.74) is 10.3.